The second-order valence-electron chi connectivity index (χ2n) is 5.78. The Hall–Kier alpha value is -2.81. The molecule has 0 amide bonds. The van der Waals surface area contributed by atoms with Crippen molar-refractivity contribution in [1.82, 2.24) is 0 Å². The van der Waals surface area contributed by atoms with Crippen molar-refractivity contribution in [3.8, 4) is 5.75 Å². The molecule has 122 valence electrons. The van der Waals surface area contributed by atoms with Crippen LogP contribution in [0.3, 0.4) is 0 Å². The van der Waals surface area contributed by atoms with Gasteiger partial charge >= 0.3 is 0 Å². The highest BCUT2D eigenvalue weighted by molar-refractivity contribution is 5.45. The van der Waals surface area contributed by atoms with E-state index < -0.39 is 0 Å². The van der Waals surface area contributed by atoms with Crippen molar-refractivity contribution in [3.63, 3.8) is 0 Å². The van der Waals surface area contributed by atoms with Gasteiger partial charge in [-0.1, -0.05) is 42.0 Å². The first-order valence-corrected chi connectivity index (χ1v) is 7.96. The van der Waals surface area contributed by atoms with Crippen molar-refractivity contribution in [3.05, 3.63) is 95.3 Å². The third kappa shape index (κ3) is 4.59. The SMILES string of the molecule is Cc1ccc(NCc2ccc(OCc3ccc(F)cc3)cc2)cc1. The van der Waals surface area contributed by atoms with Gasteiger partial charge in [-0.15, -0.1) is 0 Å². The summed E-state index contributed by atoms with van der Waals surface area (Å²) in [5, 5.41) is 3.39. The Morgan fingerprint density at radius 1 is 0.792 bits per heavy atom. The third-order valence-corrected chi connectivity index (χ3v) is 3.79. The van der Waals surface area contributed by atoms with Gasteiger partial charge in [0.05, 0.1) is 0 Å². The molecule has 0 aliphatic heterocycles. The van der Waals surface area contributed by atoms with E-state index in [1.165, 1.54) is 23.3 Å². The molecular weight excluding hydrogens is 301 g/mol. The molecule has 3 heteroatoms. The zero-order chi connectivity index (χ0) is 16.8. The van der Waals surface area contributed by atoms with Gasteiger partial charge in [-0.2, -0.15) is 0 Å². The van der Waals surface area contributed by atoms with Crippen molar-refractivity contribution in [2.24, 2.45) is 0 Å². The highest BCUT2D eigenvalue weighted by Crippen LogP contribution is 2.16. The zero-order valence-electron chi connectivity index (χ0n) is 13.6. The Morgan fingerprint density at radius 2 is 1.42 bits per heavy atom. The number of hydrogen-bond acceptors (Lipinski definition) is 2. The number of nitrogens with one attached hydrogen (secondary N) is 1. The van der Waals surface area contributed by atoms with E-state index in [2.05, 4.69) is 36.5 Å². The highest BCUT2D eigenvalue weighted by atomic mass is 19.1. The van der Waals surface area contributed by atoms with Gasteiger partial charge in [0.1, 0.15) is 18.2 Å². The van der Waals surface area contributed by atoms with E-state index in [1.54, 1.807) is 12.1 Å². The number of aryl methyl sites for hydroxylation is 1. The van der Waals surface area contributed by atoms with Crippen molar-refractivity contribution < 1.29 is 9.13 Å². The zero-order valence-corrected chi connectivity index (χ0v) is 13.6. The predicted molar refractivity (Wildman–Crippen MR) is 95.7 cm³/mol. The average Bonchev–Trinajstić information content (AvgIpc) is 2.62. The van der Waals surface area contributed by atoms with Gasteiger partial charge in [-0.25, -0.2) is 4.39 Å². The van der Waals surface area contributed by atoms with Crippen LogP contribution >= 0.6 is 0 Å². The molecule has 0 unspecified atom stereocenters. The molecule has 3 rings (SSSR count). The van der Waals surface area contributed by atoms with Crippen LogP contribution in [0.15, 0.2) is 72.8 Å². The Balaban J connectivity index is 1.51. The van der Waals surface area contributed by atoms with Crippen molar-refractivity contribution in [1.29, 1.82) is 0 Å². The summed E-state index contributed by atoms with van der Waals surface area (Å²) in [6, 6.07) is 22.7. The molecule has 0 heterocycles. The highest BCUT2D eigenvalue weighted by Gasteiger charge is 1.99. The Bertz CT molecular complexity index is 696. The number of rotatable bonds is 6. The molecule has 0 bridgehead atoms. The first-order chi connectivity index (χ1) is 11.7. The molecule has 0 spiro atoms. The van der Waals surface area contributed by atoms with Crippen LogP contribution in [0.5, 0.6) is 5.75 Å². The lowest BCUT2D eigenvalue weighted by molar-refractivity contribution is 0.306. The molecule has 0 aliphatic rings. The molecule has 0 fully saturated rings. The standard InChI is InChI=1S/C21H20FNO/c1-16-2-10-20(11-3-16)23-14-17-6-12-21(13-7-17)24-15-18-4-8-19(22)9-5-18/h2-13,23H,14-15H2,1H3. The fourth-order valence-electron chi connectivity index (χ4n) is 2.33. The van der Waals surface area contributed by atoms with Gasteiger partial charge in [-0.05, 0) is 54.4 Å². The third-order valence-electron chi connectivity index (χ3n) is 3.79. The molecule has 0 atom stereocenters. The normalized spacial score (nSPS) is 10.4. The number of hydrogen-bond donors (Lipinski definition) is 1. The van der Waals surface area contributed by atoms with E-state index in [-0.39, 0.29) is 5.82 Å². The molecule has 0 radical (unpaired) electrons. The number of ether oxygens (including phenoxy) is 1. The van der Waals surface area contributed by atoms with Gasteiger partial charge in [0.25, 0.3) is 0 Å². The first kappa shape index (κ1) is 16.1. The van der Waals surface area contributed by atoms with Crippen molar-refractivity contribution in [2.45, 2.75) is 20.1 Å². The summed E-state index contributed by atoms with van der Waals surface area (Å²) >= 11 is 0. The summed E-state index contributed by atoms with van der Waals surface area (Å²) in [4.78, 5) is 0. The molecule has 2 nitrogen and oxygen atoms in total. The fraction of sp³-hybridized carbons (Fsp3) is 0.143. The lowest BCUT2D eigenvalue weighted by atomic mass is 10.2. The van der Waals surface area contributed by atoms with Crippen LogP contribution < -0.4 is 10.1 Å². The van der Waals surface area contributed by atoms with Crippen LogP contribution in [0.4, 0.5) is 10.1 Å². The lowest BCUT2D eigenvalue weighted by Crippen LogP contribution is -2.00. The van der Waals surface area contributed by atoms with E-state index in [9.17, 15) is 4.39 Å². The van der Waals surface area contributed by atoms with Crippen molar-refractivity contribution in [2.75, 3.05) is 5.32 Å². The largest absolute Gasteiger partial charge is 0.489 e. The minimum Gasteiger partial charge on any atom is -0.489 e. The predicted octanol–water partition coefficient (Wildman–Crippen LogP) is 5.33. The van der Waals surface area contributed by atoms with E-state index >= 15 is 0 Å². The maximum atomic E-state index is 12.9. The van der Waals surface area contributed by atoms with Gasteiger partial charge in [0, 0.05) is 12.2 Å². The van der Waals surface area contributed by atoms with Gasteiger partial charge in [-0.3, -0.25) is 0 Å². The number of benzene rings is 3. The summed E-state index contributed by atoms with van der Waals surface area (Å²) in [6.45, 7) is 3.27. The molecular formula is C21H20FNO. The summed E-state index contributed by atoms with van der Waals surface area (Å²) in [5.41, 5.74) is 4.49. The molecule has 1 N–H and O–H groups in total. The van der Waals surface area contributed by atoms with Gasteiger partial charge in [0.15, 0.2) is 0 Å². The molecule has 0 saturated heterocycles. The second-order valence-corrected chi connectivity index (χ2v) is 5.78. The summed E-state index contributed by atoms with van der Waals surface area (Å²) < 4.78 is 18.6. The van der Waals surface area contributed by atoms with Crippen LogP contribution in [-0.4, -0.2) is 0 Å². The van der Waals surface area contributed by atoms with Crippen molar-refractivity contribution >= 4 is 5.69 Å². The monoisotopic (exact) mass is 321 g/mol. The van der Waals surface area contributed by atoms with Crippen LogP contribution in [0.25, 0.3) is 0 Å². The van der Waals surface area contributed by atoms with Crippen LogP contribution in [0, 0.1) is 12.7 Å². The first-order valence-electron chi connectivity index (χ1n) is 7.96. The van der Waals surface area contributed by atoms with Gasteiger partial charge in [0.2, 0.25) is 0 Å². The Labute approximate surface area is 141 Å². The van der Waals surface area contributed by atoms with E-state index in [4.69, 9.17) is 4.74 Å². The minimum absolute atomic E-state index is 0.232. The summed E-state index contributed by atoms with van der Waals surface area (Å²) in [6.07, 6.45) is 0. The van der Waals surface area contributed by atoms with E-state index in [0.717, 1.165) is 23.5 Å². The number of anilines is 1. The maximum Gasteiger partial charge on any atom is 0.123 e. The summed E-state index contributed by atoms with van der Waals surface area (Å²) in [5.74, 6) is 0.572. The topological polar surface area (TPSA) is 21.3 Å². The lowest BCUT2D eigenvalue weighted by Gasteiger charge is -2.09. The second kappa shape index (κ2) is 7.64. The number of halogens is 1. The minimum atomic E-state index is -0.232. The average molecular weight is 321 g/mol. The smallest absolute Gasteiger partial charge is 0.123 e. The molecule has 0 saturated carbocycles. The maximum absolute atomic E-state index is 12.9. The summed E-state index contributed by atoms with van der Waals surface area (Å²) in [7, 11) is 0. The molecule has 24 heavy (non-hydrogen) atoms. The Morgan fingerprint density at radius 3 is 2.08 bits per heavy atom. The quantitative estimate of drug-likeness (QED) is 0.663. The molecule has 0 aromatic heterocycles. The fourth-order valence-corrected chi connectivity index (χ4v) is 2.33. The van der Waals surface area contributed by atoms with Crippen LogP contribution in [0.2, 0.25) is 0 Å². The van der Waals surface area contributed by atoms with Crippen LogP contribution in [-0.2, 0) is 13.2 Å². The van der Waals surface area contributed by atoms with Gasteiger partial charge < -0.3 is 10.1 Å². The molecule has 0 aliphatic carbocycles. The molecule has 3 aromatic rings. The Kier molecular flexibility index (Phi) is 5.12. The van der Waals surface area contributed by atoms with E-state index in [1.807, 2.05) is 24.3 Å². The van der Waals surface area contributed by atoms with E-state index in [0.29, 0.717) is 6.61 Å². The van der Waals surface area contributed by atoms with Crippen LogP contribution in [0.1, 0.15) is 16.7 Å². The molecule has 3 aromatic carbocycles.